The number of nitrogens with one attached hydrogen (secondary N) is 2. The molecule has 2 unspecified atom stereocenters. The topological polar surface area (TPSA) is 82.5 Å². The summed E-state index contributed by atoms with van der Waals surface area (Å²) in [7, 11) is 1.29. The molecular formula is C24H26ClF4N3O3. The number of benzene rings is 1. The van der Waals surface area contributed by atoms with E-state index in [0.29, 0.717) is 12.5 Å². The summed E-state index contributed by atoms with van der Waals surface area (Å²) >= 11 is 5.89. The van der Waals surface area contributed by atoms with E-state index in [0.717, 1.165) is 19.1 Å². The van der Waals surface area contributed by atoms with E-state index >= 15 is 0 Å². The van der Waals surface area contributed by atoms with E-state index in [1.165, 1.54) is 19.2 Å². The average molecular weight is 516 g/mol. The van der Waals surface area contributed by atoms with E-state index in [1.54, 1.807) is 11.8 Å². The summed E-state index contributed by atoms with van der Waals surface area (Å²) in [6, 6.07) is 3.61. The number of anilines is 1. The number of rotatable bonds is 6. The Morgan fingerprint density at radius 1 is 1.34 bits per heavy atom. The zero-order chi connectivity index (χ0) is 26.5. The molecule has 1 saturated heterocycles. The Morgan fingerprint density at radius 3 is 2.51 bits per heavy atom. The van der Waals surface area contributed by atoms with Crippen molar-refractivity contribution in [2.24, 2.45) is 11.8 Å². The molecule has 6 nitrogen and oxygen atoms in total. The third kappa shape index (κ3) is 6.30. The molecule has 1 aromatic carbocycles. The number of carbonyl (C=O) groups excluding carboxylic acids is 2. The monoisotopic (exact) mass is 515 g/mol. The van der Waals surface area contributed by atoms with Crippen molar-refractivity contribution in [1.82, 2.24) is 4.90 Å². The minimum Gasteiger partial charge on any atom is -0.469 e. The van der Waals surface area contributed by atoms with Gasteiger partial charge in [-0.25, -0.2) is 4.39 Å². The van der Waals surface area contributed by atoms with Crippen LogP contribution < -0.4 is 5.32 Å². The molecule has 1 heterocycles. The van der Waals surface area contributed by atoms with Crippen LogP contribution in [0.2, 0.25) is 0 Å². The van der Waals surface area contributed by atoms with Crippen molar-refractivity contribution < 1.29 is 31.9 Å². The number of likely N-dealkylation sites (tertiary alicyclic amines) is 1. The number of piperidine rings is 1. The number of allylic oxidation sites excluding steroid dienone is 3. The second-order valence-electron chi connectivity index (χ2n) is 7.93. The maximum Gasteiger partial charge on any atom is 0.416 e. The van der Waals surface area contributed by atoms with E-state index in [1.807, 2.05) is 0 Å². The Kier molecular flexibility index (Phi) is 9.25. The van der Waals surface area contributed by atoms with Crippen molar-refractivity contribution in [3.05, 3.63) is 64.5 Å². The maximum absolute atomic E-state index is 14.9. The van der Waals surface area contributed by atoms with Gasteiger partial charge in [0.2, 0.25) is 0 Å². The number of esters is 1. The molecule has 1 aliphatic rings. The number of amides is 1. The lowest BCUT2D eigenvalue weighted by Crippen LogP contribution is -2.45. The minimum absolute atomic E-state index is 0.202. The first-order valence-corrected chi connectivity index (χ1v) is 11.0. The number of nitrogens with zero attached hydrogens (tertiary/aromatic N) is 1. The first kappa shape index (κ1) is 28.1. The number of hydrogen-bond donors (Lipinski definition) is 2. The van der Waals surface area contributed by atoms with Crippen LogP contribution in [0.5, 0.6) is 0 Å². The minimum atomic E-state index is -4.89. The van der Waals surface area contributed by atoms with Gasteiger partial charge in [0.25, 0.3) is 5.91 Å². The summed E-state index contributed by atoms with van der Waals surface area (Å²) in [6.45, 7) is 6.71. The Morgan fingerprint density at radius 2 is 2.00 bits per heavy atom. The first-order chi connectivity index (χ1) is 16.4. The van der Waals surface area contributed by atoms with Gasteiger partial charge in [0.15, 0.2) is 0 Å². The van der Waals surface area contributed by atoms with Crippen LogP contribution in [0.1, 0.15) is 25.8 Å². The highest BCUT2D eigenvalue weighted by Crippen LogP contribution is 2.35. The van der Waals surface area contributed by atoms with E-state index in [9.17, 15) is 27.2 Å². The second kappa shape index (κ2) is 11.5. The molecule has 0 bridgehead atoms. The molecule has 0 spiro atoms. The Labute approximate surface area is 205 Å². The van der Waals surface area contributed by atoms with Crippen LogP contribution in [0.15, 0.2) is 53.1 Å². The summed E-state index contributed by atoms with van der Waals surface area (Å²) in [5, 5.41) is 10.3. The Balaban J connectivity index is 2.41. The van der Waals surface area contributed by atoms with Crippen molar-refractivity contribution in [1.29, 1.82) is 5.41 Å². The first-order valence-electron chi connectivity index (χ1n) is 10.6. The summed E-state index contributed by atoms with van der Waals surface area (Å²) in [6.07, 6.45) is -2.93. The summed E-state index contributed by atoms with van der Waals surface area (Å²) in [5.41, 5.74) is -2.67. The van der Waals surface area contributed by atoms with Crippen LogP contribution in [-0.4, -0.2) is 49.0 Å². The molecule has 1 fully saturated rings. The number of hydrogen-bond acceptors (Lipinski definition) is 4. The molecule has 35 heavy (non-hydrogen) atoms. The highest BCUT2D eigenvalue weighted by molar-refractivity contribution is 6.34. The fraction of sp³-hybridized carbons (Fsp3) is 0.375. The Hall–Kier alpha value is -3.14. The van der Waals surface area contributed by atoms with Gasteiger partial charge in [0.05, 0.1) is 40.5 Å². The quantitative estimate of drug-likeness (QED) is 0.133. The lowest BCUT2D eigenvalue weighted by Gasteiger charge is -2.37. The molecule has 0 aliphatic carbocycles. The fourth-order valence-corrected chi connectivity index (χ4v) is 4.16. The summed E-state index contributed by atoms with van der Waals surface area (Å²) in [5.74, 6) is -3.32. The van der Waals surface area contributed by atoms with Crippen LogP contribution >= 0.6 is 11.6 Å². The molecule has 0 aromatic heterocycles. The number of carbonyl (C=O) groups is 2. The summed E-state index contributed by atoms with van der Waals surface area (Å²) in [4.78, 5) is 26.4. The molecule has 0 radical (unpaired) electrons. The number of halogens is 5. The number of ether oxygens (including phenoxy) is 1. The van der Waals surface area contributed by atoms with Crippen molar-refractivity contribution in [3.63, 3.8) is 0 Å². The fourth-order valence-electron chi connectivity index (χ4n) is 3.97. The van der Waals surface area contributed by atoms with Crippen molar-refractivity contribution in [2.45, 2.75) is 26.4 Å². The van der Waals surface area contributed by atoms with Crippen LogP contribution in [0.3, 0.4) is 0 Å². The predicted octanol–water partition coefficient (Wildman–Crippen LogP) is 5.41. The lowest BCUT2D eigenvalue weighted by molar-refractivity contribution is -0.148. The molecule has 190 valence electrons. The van der Waals surface area contributed by atoms with Crippen LogP contribution in [0.25, 0.3) is 0 Å². The third-order valence-corrected chi connectivity index (χ3v) is 6.08. The average Bonchev–Trinajstić information content (AvgIpc) is 2.80. The molecule has 1 aliphatic heterocycles. The van der Waals surface area contributed by atoms with Gasteiger partial charge in [-0.3, -0.25) is 15.0 Å². The van der Waals surface area contributed by atoms with E-state index in [4.69, 9.17) is 21.7 Å². The highest BCUT2D eigenvalue weighted by Gasteiger charge is 2.39. The van der Waals surface area contributed by atoms with Gasteiger partial charge in [0.1, 0.15) is 11.7 Å². The zero-order valence-electron chi connectivity index (χ0n) is 19.4. The largest absolute Gasteiger partial charge is 0.469 e. The number of amidine groups is 1. The molecule has 2 N–H and O–H groups in total. The smallest absolute Gasteiger partial charge is 0.416 e. The Bertz CT molecular complexity index is 1080. The van der Waals surface area contributed by atoms with E-state index in [2.05, 4.69) is 11.9 Å². The summed E-state index contributed by atoms with van der Waals surface area (Å²) < 4.78 is 60.2. The molecule has 2 atom stereocenters. The van der Waals surface area contributed by atoms with Gasteiger partial charge in [-0.15, -0.1) is 0 Å². The van der Waals surface area contributed by atoms with E-state index in [-0.39, 0.29) is 48.0 Å². The standard InChI is InChI=1S/C24H26ClF4N3O3/c1-5-15(24(27,28)29)19(16(25)6-2)22(33)31-18-9-7-8-17(26)20(18)21(30)32-11-10-14(13(3)12-32)23(34)35-4/h5-9,13-14,30H,2,10-12H2,1,3-4H3,(H,31,33)/b15-5+,19-16-,30-21?. The number of alkyl halides is 3. The molecule has 1 amide bonds. The lowest BCUT2D eigenvalue weighted by atomic mass is 9.86. The van der Waals surface area contributed by atoms with Crippen LogP contribution in [-0.2, 0) is 14.3 Å². The van der Waals surface area contributed by atoms with Gasteiger partial charge in [-0.1, -0.05) is 37.2 Å². The molecule has 1 aromatic rings. The molecule has 2 rings (SSSR count). The predicted molar refractivity (Wildman–Crippen MR) is 126 cm³/mol. The normalized spacial score (nSPS) is 19.5. The maximum atomic E-state index is 14.9. The van der Waals surface area contributed by atoms with Crippen LogP contribution in [0.4, 0.5) is 23.2 Å². The number of methoxy groups -OCH3 is 1. The van der Waals surface area contributed by atoms with Gasteiger partial charge in [0, 0.05) is 13.1 Å². The van der Waals surface area contributed by atoms with Crippen LogP contribution in [0, 0.1) is 23.1 Å². The van der Waals surface area contributed by atoms with Crippen molar-refractivity contribution in [2.75, 3.05) is 25.5 Å². The second-order valence-corrected chi connectivity index (χ2v) is 8.34. The third-order valence-electron chi connectivity index (χ3n) is 5.73. The molecular weight excluding hydrogens is 490 g/mol. The molecule has 11 heteroatoms. The zero-order valence-corrected chi connectivity index (χ0v) is 20.2. The van der Waals surface area contributed by atoms with E-state index < -0.39 is 34.1 Å². The van der Waals surface area contributed by atoms with Gasteiger partial charge in [-0.2, -0.15) is 13.2 Å². The van der Waals surface area contributed by atoms with Crippen molar-refractivity contribution >= 4 is 35.0 Å². The van der Waals surface area contributed by atoms with Gasteiger partial charge < -0.3 is 15.0 Å². The SMILES string of the molecule is C=C/C(Cl)=C(C(=O)Nc1cccc(F)c1C(=N)N1CCC(C(=O)OC)C(C)C1)\C(=C/C)C(F)(F)F. The molecule has 0 saturated carbocycles. The van der Waals surface area contributed by atoms with Gasteiger partial charge >= 0.3 is 12.1 Å². The highest BCUT2D eigenvalue weighted by atomic mass is 35.5. The van der Waals surface area contributed by atoms with Gasteiger partial charge in [-0.05, 0) is 37.5 Å². The van der Waals surface area contributed by atoms with Crippen molar-refractivity contribution in [3.8, 4) is 0 Å².